The molecule has 1 aliphatic heterocycles. The highest BCUT2D eigenvalue weighted by atomic mass is 32.1. The van der Waals surface area contributed by atoms with Gasteiger partial charge in [-0.1, -0.05) is 11.3 Å². The summed E-state index contributed by atoms with van der Waals surface area (Å²) in [6.45, 7) is 4.05. The van der Waals surface area contributed by atoms with E-state index in [2.05, 4.69) is 30.4 Å². The van der Waals surface area contributed by atoms with Crippen molar-refractivity contribution >= 4 is 22.3 Å². The lowest BCUT2D eigenvalue weighted by atomic mass is 10.1. The highest BCUT2D eigenvalue weighted by Gasteiger charge is 2.29. The molecule has 6 nitrogen and oxygen atoms in total. The lowest BCUT2D eigenvalue weighted by Gasteiger charge is -2.32. The van der Waals surface area contributed by atoms with Gasteiger partial charge in [-0.15, -0.1) is 10.2 Å². The fraction of sp³-hybridized carbons (Fsp3) is 0.600. The number of hydrogen-bond acceptors (Lipinski definition) is 7. The van der Waals surface area contributed by atoms with Crippen molar-refractivity contribution in [3.63, 3.8) is 0 Å². The Morgan fingerprint density at radius 3 is 2.68 bits per heavy atom. The van der Waals surface area contributed by atoms with Gasteiger partial charge in [0.2, 0.25) is 5.13 Å². The van der Waals surface area contributed by atoms with Gasteiger partial charge >= 0.3 is 0 Å². The predicted octanol–water partition coefficient (Wildman–Crippen LogP) is 2.59. The summed E-state index contributed by atoms with van der Waals surface area (Å²) in [6.07, 6.45) is 6.40. The number of nitrogens with zero attached hydrogens (tertiary/aromatic N) is 5. The Balaban J connectivity index is 1.33. The molecule has 2 aromatic heterocycles. The van der Waals surface area contributed by atoms with Gasteiger partial charge in [0.05, 0.1) is 0 Å². The molecular formula is C15H20N6S. The second kappa shape index (κ2) is 5.79. The SMILES string of the molecule is Cc1cc(NC2CCN(c3nnc(C4CC4)s3)CC2)ncn1. The Morgan fingerprint density at radius 2 is 1.95 bits per heavy atom. The first-order chi connectivity index (χ1) is 10.8. The summed E-state index contributed by atoms with van der Waals surface area (Å²) >= 11 is 1.78. The van der Waals surface area contributed by atoms with Crippen LogP contribution in [0.25, 0.3) is 0 Å². The fourth-order valence-electron chi connectivity index (χ4n) is 2.81. The van der Waals surface area contributed by atoms with Crippen LogP contribution in [0.4, 0.5) is 10.9 Å². The van der Waals surface area contributed by atoms with E-state index in [1.807, 2.05) is 13.0 Å². The molecule has 3 heterocycles. The molecule has 7 heteroatoms. The van der Waals surface area contributed by atoms with Crippen LogP contribution in [0, 0.1) is 6.92 Å². The molecule has 0 unspecified atom stereocenters. The first-order valence-corrected chi connectivity index (χ1v) is 8.73. The summed E-state index contributed by atoms with van der Waals surface area (Å²) < 4.78 is 0. The van der Waals surface area contributed by atoms with Crippen molar-refractivity contribution in [1.82, 2.24) is 20.2 Å². The molecule has 2 fully saturated rings. The van der Waals surface area contributed by atoms with Crippen LogP contribution in [0.2, 0.25) is 0 Å². The van der Waals surface area contributed by atoms with Crippen LogP contribution in [-0.2, 0) is 0 Å². The molecule has 0 aromatic carbocycles. The number of anilines is 2. The van der Waals surface area contributed by atoms with Gasteiger partial charge in [0.1, 0.15) is 17.2 Å². The maximum atomic E-state index is 4.38. The lowest BCUT2D eigenvalue weighted by Crippen LogP contribution is -2.39. The van der Waals surface area contributed by atoms with E-state index in [4.69, 9.17) is 0 Å². The molecule has 1 saturated carbocycles. The summed E-state index contributed by atoms with van der Waals surface area (Å²) in [7, 11) is 0. The maximum Gasteiger partial charge on any atom is 0.208 e. The predicted molar refractivity (Wildman–Crippen MR) is 87.5 cm³/mol. The third kappa shape index (κ3) is 3.04. The molecule has 0 atom stereocenters. The van der Waals surface area contributed by atoms with E-state index in [0.29, 0.717) is 12.0 Å². The van der Waals surface area contributed by atoms with E-state index in [0.717, 1.165) is 42.6 Å². The summed E-state index contributed by atoms with van der Waals surface area (Å²) in [5.41, 5.74) is 0.997. The van der Waals surface area contributed by atoms with E-state index in [1.54, 1.807) is 17.7 Å². The Hall–Kier alpha value is -1.76. The summed E-state index contributed by atoms with van der Waals surface area (Å²) in [5, 5.41) is 14.6. The van der Waals surface area contributed by atoms with Crippen LogP contribution in [0.3, 0.4) is 0 Å². The van der Waals surface area contributed by atoms with Gasteiger partial charge in [-0.05, 0) is 32.6 Å². The smallest absolute Gasteiger partial charge is 0.208 e. The van der Waals surface area contributed by atoms with E-state index < -0.39 is 0 Å². The normalized spacial score (nSPS) is 19.4. The number of rotatable bonds is 4. The van der Waals surface area contributed by atoms with Crippen LogP contribution in [0.5, 0.6) is 0 Å². The summed E-state index contributed by atoms with van der Waals surface area (Å²) in [5.74, 6) is 1.63. The molecule has 22 heavy (non-hydrogen) atoms. The second-order valence-corrected chi connectivity index (χ2v) is 7.13. The van der Waals surface area contributed by atoms with E-state index >= 15 is 0 Å². The molecule has 2 aromatic rings. The first kappa shape index (κ1) is 13.9. The lowest BCUT2D eigenvalue weighted by molar-refractivity contribution is 0.524. The standard InChI is InChI=1S/C15H20N6S/c1-10-8-13(17-9-16-10)18-12-4-6-21(7-5-12)15-20-19-14(22-15)11-2-3-11/h8-9,11-12H,2-7H2,1H3,(H,16,17,18). The van der Waals surface area contributed by atoms with Crippen molar-refractivity contribution in [1.29, 1.82) is 0 Å². The van der Waals surface area contributed by atoms with Gasteiger partial charge in [-0.25, -0.2) is 9.97 Å². The molecule has 0 radical (unpaired) electrons. The third-order valence-electron chi connectivity index (χ3n) is 4.28. The molecule has 2 aliphatic rings. The highest BCUT2D eigenvalue weighted by molar-refractivity contribution is 7.15. The Kier molecular flexibility index (Phi) is 3.65. The Morgan fingerprint density at radius 1 is 1.14 bits per heavy atom. The van der Waals surface area contributed by atoms with Crippen molar-refractivity contribution < 1.29 is 0 Å². The van der Waals surface area contributed by atoms with Gasteiger partial charge in [0.15, 0.2) is 0 Å². The number of aryl methyl sites for hydroxylation is 1. The van der Waals surface area contributed by atoms with Crippen molar-refractivity contribution in [2.75, 3.05) is 23.3 Å². The number of aromatic nitrogens is 4. The van der Waals surface area contributed by atoms with E-state index in [-0.39, 0.29) is 0 Å². The van der Waals surface area contributed by atoms with Crippen LogP contribution < -0.4 is 10.2 Å². The number of piperidine rings is 1. The Labute approximate surface area is 134 Å². The minimum Gasteiger partial charge on any atom is -0.367 e. The molecule has 4 rings (SSSR count). The van der Waals surface area contributed by atoms with Gasteiger partial charge in [-0.2, -0.15) is 0 Å². The number of hydrogen-bond donors (Lipinski definition) is 1. The van der Waals surface area contributed by atoms with Crippen molar-refractivity contribution in [2.45, 2.75) is 44.6 Å². The van der Waals surface area contributed by atoms with Gasteiger partial charge in [-0.3, -0.25) is 0 Å². The zero-order valence-corrected chi connectivity index (χ0v) is 13.5. The van der Waals surface area contributed by atoms with Crippen molar-refractivity contribution in [2.24, 2.45) is 0 Å². The maximum absolute atomic E-state index is 4.38. The molecule has 1 N–H and O–H groups in total. The van der Waals surface area contributed by atoms with Gasteiger partial charge < -0.3 is 10.2 Å². The first-order valence-electron chi connectivity index (χ1n) is 7.91. The monoisotopic (exact) mass is 316 g/mol. The van der Waals surface area contributed by atoms with Crippen LogP contribution in [0.15, 0.2) is 12.4 Å². The average Bonchev–Trinajstić information content (AvgIpc) is 3.26. The molecule has 116 valence electrons. The topological polar surface area (TPSA) is 66.8 Å². The largest absolute Gasteiger partial charge is 0.367 e. The average molecular weight is 316 g/mol. The minimum atomic E-state index is 0.473. The molecule has 0 amide bonds. The van der Waals surface area contributed by atoms with Crippen molar-refractivity contribution in [3.8, 4) is 0 Å². The quantitative estimate of drug-likeness (QED) is 0.935. The zero-order valence-electron chi connectivity index (χ0n) is 12.7. The highest BCUT2D eigenvalue weighted by Crippen LogP contribution is 2.42. The fourth-order valence-corrected chi connectivity index (χ4v) is 3.87. The minimum absolute atomic E-state index is 0.473. The second-order valence-electron chi connectivity index (χ2n) is 6.15. The third-order valence-corrected chi connectivity index (χ3v) is 5.42. The molecule has 0 bridgehead atoms. The van der Waals surface area contributed by atoms with Crippen LogP contribution in [-0.4, -0.2) is 39.3 Å². The summed E-state index contributed by atoms with van der Waals surface area (Å²) in [6, 6.07) is 2.47. The molecule has 0 spiro atoms. The zero-order chi connectivity index (χ0) is 14.9. The van der Waals surface area contributed by atoms with Crippen molar-refractivity contribution in [3.05, 3.63) is 23.1 Å². The van der Waals surface area contributed by atoms with Gasteiger partial charge in [0, 0.05) is 36.8 Å². The van der Waals surface area contributed by atoms with E-state index in [9.17, 15) is 0 Å². The molecule has 1 saturated heterocycles. The molecule has 1 aliphatic carbocycles. The Bertz CT molecular complexity index is 645. The summed E-state index contributed by atoms with van der Waals surface area (Å²) in [4.78, 5) is 10.8. The van der Waals surface area contributed by atoms with E-state index in [1.165, 1.54) is 17.8 Å². The van der Waals surface area contributed by atoms with Crippen LogP contribution in [0.1, 0.15) is 42.3 Å². The number of nitrogens with one attached hydrogen (secondary N) is 1. The van der Waals surface area contributed by atoms with Crippen LogP contribution >= 0.6 is 11.3 Å². The van der Waals surface area contributed by atoms with Gasteiger partial charge in [0.25, 0.3) is 0 Å². The molecular weight excluding hydrogens is 296 g/mol.